The highest BCUT2D eigenvalue weighted by atomic mass is 35.5. The van der Waals surface area contributed by atoms with E-state index in [-0.39, 0.29) is 0 Å². The molecular weight excluding hydrogens is 254 g/mol. The van der Waals surface area contributed by atoms with Crippen molar-refractivity contribution < 1.29 is 0 Å². The quantitative estimate of drug-likeness (QED) is 0.833. The monoisotopic (exact) mass is 267 g/mol. The summed E-state index contributed by atoms with van der Waals surface area (Å²) in [5.74, 6) is 0. The number of nitrogens with two attached hydrogens (primary N) is 1. The molecule has 3 nitrogen and oxygen atoms in total. The van der Waals surface area contributed by atoms with E-state index in [1.54, 1.807) is 17.4 Å². The Hall–Kier alpha value is -1.26. The number of hydrogen-bond donors (Lipinski definition) is 2. The third-order valence-electron chi connectivity index (χ3n) is 2.37. The Morgan fingerprint density at radius 3 is 2.94 bits per heavy atom. The number of halogens is 1. The largest absolute Gasteiger partial charge is 0.399 e. The second kappa shape index (κ2) is 5.38. The van der Waals surface area contributed by atoms with Crippen LogP contribution >= 0.6 is 22.9 Å². The molecule has 3 N–H and O–H groups in total. The van der Waals surface area contributed by atoms with Crippen LogP contribution in [0.1, 0.15) is 16.8 Å². The molecule has 0 aliphatic rings. The fourth-order valence-electron chi connectivity index (χ4n) is 1.44. The van der Waals surface area contributed by atoms with Crippen LogP contribution in [0.3, 0.4) is 0 Å². The maximum Gasteiger partial charge on any atom is 0.112 e. The van der Waals surface area contributed by atoms with Gasteiger partial charge in [-0.05, 0) is 24.6 Å². The van der Waals surface area contributed by atoms with Crippen molar-refractivity contribution in [2.24, 2.45) is 0 Å². The molecule has 17 heavy (non-hydrogen) atoms. The first kappa shape index (κ1) is 12.2. The van der Waals surface area contributed by atoms with Crippen LogP contribution in [0, 0.1) is 0 Å². The SMILES string of the molecule is CCc1cnc(CNc2ccc(N)cc2Cl)s1. The summed E-state index contributed by atoms with van der Waals surface area (Å²) < 4.78 is 0. The van der Waals surface area contributed by atoms with Gasteiger partial charge in [0.15, 0.2) is 0 Å². The number of thiazole rings is 1. The number of nitrogens with one attached hydrogen (secondary N) is 1. The summed E-state index contributed by atoms with van der Waals surface area (Å²) in [6.45, 7) is 2.82. The van der Waals surface area contributed by atoms with Gasteiger partial charge in [-0.3, -0.25) is 0 Å². The molecule has 1 aromatic carbocycles. The predicted molar refractivity (Wildman–Crippen MR) is 74.7 cm³/mol. The molecule has 1 aromatic heterocycles. The average Bonchev–Trinajstić information content (AvgIpc) is 2.76. The number of rotatable bonds is 4. The highest BCUT2D eigenvalue weighted by molar-refractivity contribution is 7.11. The highest BCUT2D eigenvalue weighted by Crippen LogP contribution is 2.25. The molecule has 0 saturated heterocycles. The van der Waals surface area contributed by atoms with E-state index in [0.717, 1.165) is 17.1 Å². The van der Waals surface area contributed by atoms with Gasteiger partial charge in [-0.2, -0.15) is 0 Å². The Bertz CT molecular complexity index is 510. The molecule has 0 spiro atoms. The van der Waals surface area contributed by atoms with Crippen LogP contribution in [0.4, 0.5) is 11.4 Å². The van der Waals surface area contributed by atoms with Gasteiger partial charge in [0.2, 0.25) is 0 Å². The standard InChI is InChI=1S/C12H14ClN3S/c1-2-9-6-16-12(17-9)7-15-11-4-3-8(14)5-10(11)13/h3-6,15H,2,7,14H2,1H3. The Morgan fingerprint density at radius 1 is 1.47 bits per heavy atom. The molecule has 90 valence electrons. The normalized spacial score (nSPS) is 10.5. The van der Waals surface area contributed by atoms with E-state index in [9.17, 15) is 0 Å². The van der Waals surface area contributed by atoms with Crippen LogP contribution < -0.4 is 11.1 Å². The zero-order valence-electron chi connectivity index (χ0n) is 9.53. The maximum atomic E-state index is 6.07. The van der Waals surface area contributed by atoms with E-state index in [2.05, 4.69) is 17.2 Å². The maximum absolute atomic E-state index is 6.07. The van der Waals surface area contributed by atoms with Gasteiger partial charge in [0.25, 0.3) is 0 Å². The molecule has 0 unspecified atom stereocenters. The number of nitrogens with zero attached hydrogens (tertiary/aromatic N) is 1. The Kier molecular flexibility index (Phi) is 3.86. The average molecular weight is 268 g/mol. The lowest BCUT2D eigenvalue weighted by Gasteiger charge is -2.07. The summed E-state index contributed by atoms with van der Waals surface area (Å²) in [5, 5.41) is 4.96. The van der Waals surface area contributed by atoms with E-state index in [0.29, 0.717) is 17.3 Å². The third-order valence-corrected chi connectivity index (χ3v) is 3.83. The van der Waals surface area contributed by atoms with Gasteiger partial charge in [-0.1, -0.05) is 18.5 Å². The van der Waals surface area contributed by atoms with Crippen LogP contribution in [-0.2, 0) is 13.0 Å². The smallest absolute Gasteiger partial charge is 0.112 e. The van der Waals surface area contributed by atoms with E-state index in [1.165, 1.54) is 4.88 Å². The van der Waals surface area contributed by atoms with Gasteiger partial charge in [0.1, 0.15) is 5.01 Å². The second-order valence-corrected chi connectivity index (χ2v) is 5.27. The van der Waals surface area contributed by atoms with Gasteiger partial charge in [-0.15, -0.1) is 11.3 Å². The number of anilines is 2. The van der Waals surface area contributed by atoms with E-state index in [4.69, 9.17) is 17.3 Å². The van der Waals surface area contributed by atoms with Gasteiger partial charge in [-0.25, -0.2) is 4.98 Å². The summed E-state index contributed by atoms with van der Waals surface area (Å²) >= 11 is 7.79. The van der Waals surface area contributed by atoms with Crippen LogP contribution in [0.2, 0.25) is 5.02 Å². The summed E-state index contributed by atoms with van der Waals surface area (Å²) in [6, 6.07) is 5.45. The predicted octanol–water partition coefficient (Wildman–Crippen LogP) is 3.55. The Labute approximate surface area is 110 Å². The Morgan fingerprint density at radius 2 is 2.29 bits per heavy atom. The molecule has 0 radical (unpaired) electrons. The molecule has 2 aromatic rings. The number of aryl methyl sites for hydroxylation is 1. The molecule has 0 aliphatic heterocycles. The van der Waals surface area contributed by atoms with Crippen molar-refractivity contribution in [2.75, 3.05) is 11.1 Å². The van der Waals surface area contributed by atoms with Gasteiger partial charge in [0.05, 0.1) is 17.3 Å². The van der Waals surface area contributed by atoms with Crippen molar-refractivity contribution in [1.82, 2.24) is 4.98 Å². The number of hydrogen-bond acceptors (Lipinski definition) is 4. The topological polar surface area (TPSA) is 50.9 Å². The van der Waals surface area contributed by atoms with E-state index in [1.807, 2.05) is 18.3 Å². The lowest BCUT2D eigenvalue weighted by molar-refractivity contribution is 1.09. The van der Waals surface area contributed by atoms with Gasteiger partial charge < -0.3 is 11.1 Å². The van der Waals surface area contributed by atoms with Crippen LogP contribution in [0.5, 0.6) is 0 Å². The number of nitrogen functional groups attached to an aromatic ring is 1. The fraction of sp³-hybridized carbons (Fsp3) is 0.250. The first-order valence-corrected chi connectivity index (χ1v) is 6.61. The summed E-state index contributed by atoms with van der Waals surface area (Å²) in [7, 11) is 0. The lowest BCUT2D eigenvalue weighted by Crippen LogP contribution is -1.99. The van der Waals surface area contributed by atoms with Crippen LogP contribution in [0.15, 0.2) is 24.4 Å². The summed E-state index contributed by atoms with van der Waals surface area (Å²) in [4.78, 5) is 5.63. The van der Waals surface area contributed by atoms with E-state index < -0.39 is 0 Å². The van der Waals surface area contributed by atoms with Crippen molar-refractivity contribution in [3.05, 3.63) is 39.3 Å². The van der Waals surface area contributed by atoms with Crippen molar-refractivity contribution in [1.29, 1.82) is 0 Å². The third kappa shape index (κ3) is 3.11. The van der Waals surface area contributed by atoms with Crippen LogP contribution in [0.25, 0.3) is 0 Å². The highest BCUT2D eigenvalue weighted by Gasteiger charge is 2.03. The van der Waals surface area contributed by atoms with Gasteiger partial charge in [0, 0.05) is 16.8 Å². The minimum absolute atomic E-state index is 0.636. The molecule has 0 bridgehead atoms. The second-order valence-electron chi connectivity index (χ2n) is 3.67. The molecule has 0 atom stereocenters. The molecule has 0 amide bonds. The molecule has 1 heterocycles. The molecule has 0 fully saturated rings. The van der Waals surface area contributed by atoms with Crippen molar-refractivity contribution in [3.63, 3.8) is 0 Å². The van der Waals surface area contributed by atoms with Crippen LogP contribution in [-0.4, -0.2) is 4.98 Å². The van der Waals surface area contributed by atoms with Crippen molar-refractivity contribution >= 4 is 34.3 Å². The fourth-order valence-corrected chi connectivity index (χ4v) is 2.50. The molecule has 2 rings (SSSR count). The van der Waals surface area contributed by atoms with Gasteiger partial charge >= 0.3 is 0 Å². The zero-order valence-corrected chi connectivity index (χ0v) is 11.1. The molecule has 0 aliphatic carbocycles. The minimum atomic E-state index is 0.636. The number of aromatic nitrogens is 1. The first-order chi connectivity index (χ1) is 8.19. The van der Waals surface area contributed by atoms with Crippen molar-refractivity contribution in [3.8, 4) is 0 Å². The first-order valence-electron chi connectivity index (χ1n) is 5.41. The minimum Gasteiger partial charge on any atom is -0.399 e. The molecule has 5 heteroatoms. The lowest BCUT2D eigenvalue weighted by atomic mass is 10.3. The molecule has 0 saturated carbocycles. The number of benzene rings is 1. The summed E-state index contributed by atoms with van der Waals surface area (Å²) in [6.07, 6.45) is 2.95. The zero-order chi connectivity index (χ0) is 12.3. The Balaban J connectivity index is 2.02. The van der Waals surface area contributed by atoms with E-state index >= 15 is 0 Å². The molecular formula is C12H14ClN3S. The van der Waals surface area contributed by atoms with Crippen molar-refractivity contribution in [2.45, 2.75) is 19.9 Å². The summed E-state index contributed by atoms with van der Waals surface area (Å²) in [5.41, 5.74) is 7.19.